The molecule has 128 valence electrons. The van der Waals surface area contributed by atoms with Crippen LogP contribution in [0.1, 0.15) is 22.3 Å². The van der Waals surface area contributed by atoms with Gasteiger partial charge in [-0.25, -0.2) is 4.79 Å². The van der Waals surface area contributed by atoms with Crippen LogP contribution in [0.5, 0.6) is 5.75 Å². The number of ether oxygens (including phenoxy) is 1. The molecule has 0 N–H and O–H groups in total. The third-order valence-corrected chi connectivity index (χ3v) is 5.03. The number of nitrogens with zero attached hydrogens (tertiary/aromatic N) is 1. The molecule has 4 heteroatoms. The molecule has 1 aromatic heterocycles. The first-order valence-electron chi connectivity index (χ1n) is 8.58. The van der Waals surface area contributed by atoms with Crippen molar-refractivity contribution in [1.29, 1.82) is 0 Å². The van der Waals surface area contributed by atoms with Crippen LogP contribution in [0.4, 0.5) is 0 Å². The first-order chi connectivity index (χ1) is 12.1. The first-order valence-corrected chi connectivity index (χ1v) is 8.58. The second-order valence-corrected chi connectivity index (χ2v) is 6.62. The summed E-state index contributed by atoms with van der Waals surface area (Å²) in [6, 6.07) is 14.4. The van der Waals surface area contributed by atoms with Crippen LogP contribution in [0.25, 0.3) is 11.0 Å². The van der Waals surface area contributed by atoms with Gasteiger partial charge in [0.25, 0.3) is 0 Å². The van der Waals surface area contributed by atoms with Crippen molar-refractivity contribution in [2.24, 2.45) is 0 Å². The van der Waals surface area contributed by atoms with Gasteiger partial charge in [-0.2, -0.15) is 0 Å². The van der Waals surface area contributed by atoms with E-state index in [2.05, 4.69) is 29.2 Å². The standard InChI is InChI=1S/C21H21NO3/c1-14-15(2)21(23)25-20-17(14)8-9-19-18(20)12-22(13-24-19)11-10-16-6-4-3-5-7-16/h3-9H,10-13H2,1-2H3. The summed E-state index contributed by atoms with van der Waals surface area (Å²) in [6.07, 6.45) is 0.965. The fourth-order valence-electron chi connectivity index (χ4n) is 3.34. The highest BCUT2D eigenvalue weighted by Gasteiger charge is 2.22. The lowest BCUT2D eigenvalue weighted by Crippen LogP contribution is -2.33. The Morgan fingerprint density at radius 1 is 1.04 bits per heavy atom. The van der Waals surface area contributed by atoms with Crippen LogP contribution in [0, 0.1) is 13.8 Å². The van der Waals surface area contributed by atoms with Gasteiger partial charge in [0.05, 0.1) is 5.56 Å². The molecule has 3 aromatic rings. The molecule has 0 aliphatic carbocycles. The molecule has 2 aromatic carbocycles. The van der Waals surface area contributed by atoms with Crippen molar-refractivity contribution in [3.05, 3.63) is 75.1 Å². The minimum absolute atomic E-state index is 0.264. The molecule has 0 saturated heterocycles. The topological polar surface area (TPSA) is 42.7 Å². The van der Waals surface area contributed by atoms with Gasteiger partial charge in [0, 0.05) is 24.0 Å². The van der Waals surface area contributed by atoms with Crippen LogP contribution in [-0.2, 0) is 13.0 Å². The summed E-state index contributed by atoms with van der Waals surface area (Å²) >= 11 is 0. The molecule has 2 heterocycles. The summed E-state index contributed by atoms with van der Waals surface area (Å²) in [6.45, 7) is 5.96. The lowest BCUT2D eigenvalue weighted by atomic mass is 10.0. The van der Waals surface area contributed by atoms with Crippen molar-refractivity contribution in [3.63, 3.8) is 0 Å². The van der Waals surface area contributed by atoms with E-state index < -0.39 is 0 Å². The predicted molar refractivity (Wildman–Crippen MR) is 98.0 cm³/mol. The third-order valence-electron chi connectivity index (χ3n) is 5.03. The Morgan fingerprint density at radius 3 is 2.64 bits per heavy atom. The maximum absolute atomic E-state index is 12.1. The minimum Gasteiger partial charge on any atom is -0.478 e. The Kier molecular flexibility index (Phi) is 4.06. The first kappa shape index (κ1) is 15.9. The zero-order valence-corrected chi connectivity index (χ0v) is 14.5. The highest BCUT2D eigenvalue weighted by molar-refractivity contribution is 5.85. The molecule has 4 nitrogen and oxygen atoms in total. The second kappa shape index (κ2) is 6.37. The van der Waals surface area contributed by atoms with Crippen molar-refractivity contribution in [3.8, 4) is 5.75 Å². The normalized spacial score (nSPS) is 14.3. The SMILES string of the molecule is Cc1c(C)c2ccc3c(c2oc1=O)CN(CCc1ccccc1)CO3. The van der Waals surface area contributed by atoms with E-state index in [1.807, 2.05) is 32.0 Å². The summed E-state index contributed by atoms with van der Waals surface area (Å²) in [5.41, 5.74) is 4.33. The van der Waals surface area contributed by atoms with Gasteiger partial charge >= 0.3 is 5.63 Å². The fraction of sp³-hybridized carbons (Fsp3) is 0.286. The van der Waals surface area contributed by atoms with Crippen molar-refractivity contribution >= 4 is 11.0 Å². The smallest absolute Gasteiger partial charge is 0.339 e. The molecule has 0 fully saturated rings. The molecule has 0 saturated carbocycles. The number of aryl methyl sites for hydroxylation is 1. The predicted octanol–water partition coefficient (Wildman–Crippen LogP) is 3.80. The monoisotopic (exact) mass is 335 g/mol. The summed E-state index contributed by atoms with van der Waals surface area (Å²) in [5, 5.41) is 0.990. The van der Waals surface area contributed by atoms with Gasteiger partial charge < -0.3 is 9.15 Å². The van der Waals surface area contributed by atoms with E-state index in [0.717, 1.165) is 41.8 Å². The number of hydrogen-bond acceptors (Lipinski definition) is 4. The summed E-state index contributed by atoms with van der Waals surface area (Å²) < 4.78 is 11.5. The van der Waals surface area contributed by atoms with Crippen molar-refractivity contribution in [1.82, 2.24) is 4.90 Å². The molecule has 0 amide bonds. The van der Waals surface area contributed by atoms with E-state index in [4.69, 9.17) is 9.15 Å². The molecular formula is C21H21NO3. The van der Waals surface area contributed by atoms with E-state index in [1.165, 1.54) is 5.56 Å². The number of fused-ring (bicyclic) bond motifs is 3. The van der Waals surface area contributed by atoms with E-state index in [-0.39, 0.29) is 5.63 Å². The molecule has 0 unspecified atom stereocenters. The molecule has 25 heavy (non-hydrogen) atoms. The van der Waals surface area contributed by atoms with Crippen LogP contribution in [0.2, 0.25) is 0 Å². The molecule has 4 rings (SSSR count). The number of rotatable bonds is 3. The average Bonchev–Trinajstić information content (AvgIpc) is 2.65. The van der Waals surface area contributed by atoms with Gasteiger partial charge in [-0.1, -0.05) is 30.3 Å². The average molecular weight is 335 g/mol. The highest BCUT2D eigenvalue weighted by Crippen LogP contribution is 2.33. The quantitative estimate of drug-likeness (QED) is 0.683. The Bertz CT molecular complexity index is 976. The van der Waals surface area contributed by atoms with Gasteiger partial charge in [0.2, 0.25) is 0 Å². The van der Waals surface area contributed by atoms with Gasteiger partial charge in [0.1, 0.15) is 18.1 Å². The van der Waals surface area contributed by atoms with E-state index in [9.17, 15) is 4.79 Å². The lowest BCUT2D eigenvalue weighted by molar-refractivity contribution is 0.0968. The molecule has 0 radical (unpaired) electrons. The lowest BCUT2D eigenvalue weighted by Gasteiger charge is -2.29. The summed E-state index contributed by atoms with van der Waals surface area (Å²) in [5.74, 6) is 0.815. The van der Waals surface area contributed by atoms with Gasteiger partial charge in [0.15, 0.2) is 0 Å². The molecule has 0 atom stereocenters. The van der Waals surface area contributed by atoms with Crippen molar-refractivity contribution in [2.75, 3.05) is 13.3 Å². The van der Waals surface area contributed by atoms with Gasteiger partial charge in [-0.05, 0) is 43.5 Å². The van der Waals surface area contributed by atoms with Crippen molar-refractivity contribution < 1.29 is 9.15 Å². The summed E-state index contributed by atoms with van der Waals surface area (Å²) in [7, 11) is 0. The molecule has 1 aliphatic rings. The maximum Gasteiger partial charge on any atom is 0.339 e. The molecular weight excluding hydrogens is 314 g/mol. The summed E-state index contributed by atoms with van der Waals surface area (Å²) in [4.78, 5) is 14.4. The molecule has 0 spiro atoms. The largest absolute Gasteiger partial charge is 0.478 e. The van der Waals surface area contributed by atoms with Crippen LogP contribution in [-0.4, -0.2) is 18.2 Å². The zero-order valence-electron chi connectivity index (χ0n) is 14.5. The Morgan fingerprint density at radius 2 is 1.84 bits per heavy atom. The van der Waals surface area contributed by atoms with Gasteiger partial charge in [-0.15, -0.1) is 0 Å². The van der Waals surface area contributed by atoms with Crippen LogP contribution < -0.4 is 10.4 Å². The van der Waals surface area contributed by atoms with Crippen LogP contribution in [0.3, 0.4) is 0 Å². The Balaban J connectivity index is 1.64. The van der Waals surface area contributed by atoms with Crippen LogP contribution in [0.15, 0.2) is 51.7 Å². The van der Waals surface area contributed by atoms with E-state index >= 15 is 0 Å². The Hall–Kier alpha value is -2.59. The van der Waals surface area contributed by atoms with Crippen molar-refractivity contribution in [2.45, 2.75) is 26.8 Å². The molecule has 0 bridgehead atoms. The number of benzene rings is 2. The molecule has 1 aliphatic heterocycles. The Labute approximate surface area is 146 Å². The van der Waals surface area contributed by atoms with Gasteiger partial charge in [-0.3, -0.25) is 4.90 Å². The van der Waals surface area contributed by atoms with E-state index in [0.29, 0.717) is 17.9 Å². The minimum atomic E-state index is -0.264. The maximum atomic E-state index is 12.1. The van der Waals surface area contributed by atoms with E-state index in [1.54, 1.807) is 0 Å². The number of hydrogen-bond donors (Lipinski definition) is 0. The third kappa shape index (κ3) is 2.94. The fourth-order valence-corrected chi connectivity index (χ4v) is 3.34. The second-order valence-electron chi connectivity index (χ2n) is 6.62. The van der Waals surface area contributed by atoms with Crippen LogP contribution >= 0.6 is 0 Å². The zero-order chi connectivity index (χ0) is 17.4. The highest BCUT2D eigenvalue weighted by atomic mass is 16.5.